The zero-order valence-electron chi connectivity index (χ0n) is 10.9. The topological polar surface area (TPSA) is 46.9 Å². The highest BCUT2D eigenvalue weighted by Gasteiger charge is 2.12. The summed E-state index contributed by atoms with van der Waals surface area (Å²) in [6.07, 6.45) is 2.23. The van der Waals surface area contributed by atoms with E-state index in [-0.39, 0.29) is 11.9 Å². The van der Waals surface area contributed by atoms with E-state index in [9.17, 15) is 4.79 Å². The second-order valence-electron chi connectivity index (χ2n) is 4.52. The molecule has 100 valence electrons. The number of anilines is 1. The molecule has 0 saturated heterocycles. The van der Waals surface area contributed by atoms with Gasteiger partial charge in [0.15, 0.2) is 0 Å². The van der Waals surface area contributed by atoms with Crippen LogP contribution in [-0.4, -0.2) is 15.7 Å². The predicted molar refractivity (Wildman–Crippen MR) is 76.4 cm³/mol. The smallest absolute Gasteiger partial charge is 0.226 e. The van der Waals surface area contributed by atoms with Gasteiger partial charge in [0.1, 0.15) is 0 Å². The SMILES string of the molecule is Cc1ccn([C@@H](C)CC(=O)Nc2ccccc2Cl)n1. The van der Waals surface area contributed by atoms with Crippen LogP contribution in [0.4, 0.5) is 5.69 Å². The highest BCUT2D eigenvalue weighted by Crippen LogP contribution is 2.21. The van der Waals surface area contributed by atoms with Gasteiger partial charge >= 0.3 is 0 Å². The Morgan fingerprint density at radius 2 is 2.16 bits per heavy atom. The first-order valence-corrected chi connectivity index (χ1v) is 6.50. The average Bonchev–Trinajstić information content (AvgIpc) is 2.79. The number of aryl methyl sites for hydroxylation is 1. The summed E-state index contributed by atoms with van der Waals surface area (Å²) in [5.74, 6) is -0.0752. The first kappa shape index (κ1) is 13.6. The van der Waals surface area contributed by atoms with Crippen LogP contribution in [0.25, 0.3) is 0 Å². The van der Waals surface area contributed by atoms with Gasteiger partial charge in [0, 0.05) is 12.6 Å². The van der Waals surface area contributed by atoms with E-state index in [1.54, 1.807) is 16.8 Å². The van der Waals surface area contributed by atoms with Crippen LogP contribution in [-0.2, 0) is 4.79 Å². The van der Waals surface area contributed by atoms with E-state index in [0.29, 0.717) is 17.1 Å². The van der Waals surface area contributed by atoms with Gasteiger partial charge < -0.3 is 5.32 Å². The van der Waals surface area contributed by atoms with E-state index in [1.807, 2.05) is 38.2 Å². The summed E-state index contributed by atoms with van der Waals surface area (Å²) in [4.78, 5) is 11.9. The number of hydrogen-bond acceptors (Lipinski definition) is 2. The minimum atomic E-state index is -0.0752. The molecule has 2 aromatic rings. The minimum absolute atomic E-state index is 0.0104. The van der Waals surface area contributed by atoms with Gasteiger partial charge in [-0.3, -0.25) is 9.48 Å². The van der Waals surface area contributed by atoms with Crippen LogP contribution in [0.1, 0.15) is 25.1 Å². The Balaban J connectivity index is 1.96. The third-order valence-electron chi connectivity index (χ3n) is 2.82. The summed E-state index contributed by atoms with van der Waals surface area (Å²) in [6.45, 7) is 3.88. The van der Waals surface area contributed by atoms with Crippen LogP contribution in [0.5, 0.6) is 0 Å². The molecule has 5 heteroatoms. The Bertz CT molecular complexity index is 580. The van der Waals surface area contributed by atoms with Gasteiger partial charge in [-0.2, -0.15) is 5.10 Å². The first-order chi connectivity index (χ1) is 9.06. The Morgan fingerprint density at radius 1 is 1.42 bits per heavy atom. The predicted octanol–water partition coefficient (Wildman–Crippen LogP) is 3.43. The van der Waals surface area contributed by atoms with E-state index in [1.165, 1.54) is 0 Å². The van der Waals surface area contributed by atoms with E-state index in [4.69, 9.17) is 11.6 Å². The molecule has 4 nitrogen and oxygen atoms in total. The van der Waals surface area contributed by atoms with Crippen molar-refractivity contribution in [2.24, 2.45) is 0 Å². The van der Waals surface area contributed by atoms with Crippen LogP contribution in [0.15, 0.2) is 36.5 Å². The van der Waals surface area contributed by atoms with Crippen molar-refractivity contribution in [3.05, 3.63) is 47.2 Å². The molecule has 1 N–H and O–H groups in total. The molecule has 0 aliphatic rings. The largest absolute Gasteiger partial charge is 0.325 e. The maximum Gasteiger partial charge on any atom is 0.226 e. The standard InChI is InChI=1S/C14H16ClN3O/c1-10-7-8-18(17-10)11(2)9-14(19)16-13-6-4-3-5-12(13)15/h3-8,11H,9H2,1-2H3,(H,16,19)/t11-/m0/s1. The highest BCUT2D eigenvalue weighted by molar-refractivity contribution is 6.33. The van der Waals surface area contributed by atoms with Crippen LogP contribution >= 0.6 is 11.6 Å². The van der Waals surface area contributed by atoms with Crippen molar-refractivity contribution in [2.75, 3.05) is 5.32 Å². The van der Waals surface area contributed by atoms with Crippen LogP contribution in [0.3, 0.4) is 0 Å². The van der Waals surface area contributed by atoms with Crippen molar-refractivity contribution < 1.29 is 4.79 Å². The molecule has 19 heavy (non-hydrogen) atoms. The number of carbonyl (C=O) groups excluding carboxylic acids is 1. The van der Waals surface area contributed by atoms with E-state index >= 15 is 0 Å². The molecule has 0 saturated carbocycles. The van der Waals surface area contributed by atoms with Gasteiger partial charge in [-0.1, -0.05) is 23.7 Å². The molecule has 1 aromatic heterocycles. The molecule has 0 aliphatic carbocycles. The molecular weight excluding hydrogens is 262 g/mol. The summed E-state index contributed by atoms with van der Waals surface area (Å²) >= 11 is 5.99. The lowest BCUT2D eigenvalue weighted by atomic mass is 10.2. The summed E-state index contributed by atoms with van der Waals surface area (Å²) in [6, 6.07) is 9.12. The molecule has 0 unspecified atom stereocenters. The Labute approximate surface area is 117 Å². The van der Waals surface area contributed by atoms with Gasteiger partial charge in [-0.05, 0) is 32.0 Å². The highest BCUT2D eigenvalue weighted by atomic mass is 35.5. The quantitative estimate of drug-likeness (QED) is 0.931. The number of nitrogens with one attached hydrogen (secondary N) is 1. The second-order valence-corrected chi connectivity index (χ2v) is 4.93. The third kappa shape index (κ3) is 3.58. The fourth-order valence-corrected chi connectivity index (χ4v) is 1.99. The number of amides is 1. The number of carbonyl (C=O) groups is 1. The van der Waals surface area contributed by atoms with E-state index in [0.717, 1.165) is 5.69 Å². The molecule has 1 aromatic carbocycles. The number of aromatic nitrogens is 2. The normalized spacial score (nSPS) is 12.2. The lowest BCUT2D eigenvalue weighted by molar-refractivity contribution is -0.116. The molecule has 0 radical (unpaired) electrons. The molecule has 0 bridgehead atoms. The fourth-order valence-electron chi connectivity index (χ4n) is 1.80. The fraction of sp³-hybridized carbons (Fsp3) is 0.286. The Hall–Kier alpha value is -1.81. The van der Waals surface area contributed by atoms with Crippen molar-refractivity contribution in [3.8, 4) is 0 Å². The Morgan fingerprint density at radius 3 is 2.79 bits per heavy atom. The van der Waals surface area contributed by atoms with Crippen molar-refractivity contribution >= 4 is 23.2 Å². The number of rotatable bonds is 4. The number of halogens is 1. The van der Waals surface area contributed by atoms with Crippen molar-refractivity contribution in [2.45, 2.75) is 26.3 Å². The van der Waals surface area contributed by atoms with Gasteiger partial charge in [0.25, 0.3) is 0 Å². The summed E-state index contributed by atoms with van der Waals surface area (Å²) in [5, 5.41) is 7.64. The molecule has 0 aliphatic heterocycles. The maximum atomic E-state index is 11.9. The number of benzene rings is 1. The zero-order chi connectivity index (χ0) is 13.8. The van der Waals surface area contributed by atoms with Crippen LogP contribution in [0, 0.1) is 6.92 Å². The maximum absolute atomic E-state index is 11.9. The van der Waals surface area contributed by atoms with Gasteiger partial charge in [-0.15, -0.1) is 0 Å². The third-order valence-corrected chi connectivity index (χ3v) is 3.15. The second kappa shape index (κ2) is 5.89. The van der Waals surface area contributed by atoms with Crippen LogP contribution in [0.2, 0.25) is 5.02 Å². The van der Waals surface area contributed by atoms with Crippen molar-refractivity contribution in [3.63, 3.8) is 0 Å². The number of nitrogens with zero attached hydrogens (tertiary/aromatic N) is 2. The molecular formula is C14H16ClN3O. The Kier molecular flexibility index (Phi) is 4.22. The zero-order valence-corrected chi connectivity index (χ0v) is 11.7. The first-order valence-electron chi connectivity index (χ1n) is 6.12. The molecule has 1 heterocycles. The van der Waals surface area contributed by atoms with Crippen LogP contribution < -0.4 is 5.32 Å². The summed E-state index contributed by atoms with van der Waals surface area (Å²) in [5.41, 5.74) is 1.58. The van der Waals surface area contributed by atoms with Gasteiger partial charge in [0.05, 0.1) is 22.4 Å². The lowest BCUT2D eigenvalue weighted by Gasteiger charge is -2.12. The molecule has 1 atom stereocenters. The monoisotopic (exact) mass is 277 g/mol. The van der Waals surface area contributed by atoms with Crippen molar-refractivity contribution in [1.29, 1.82) is 0 Å². The average molecular weight is 278 g/mol. The molecule has 1 amide bonds. The number of hydrogen-bond donors (Lipinski definition) is 1. The van der Waals surface area contributed by atoms with E-state index < -0.39 is 0 Å². The number of para-hydroxylation sites is 1. The van der Waals surface area contributed by atoms with Gasteiger partial charge in [0.2, 0.25) is 5.91 Å². The molecule has 0 fully saturated rings. The summed E-state index contributed by atoms with van der Waals surface area (Å²) in [7, 11) is 0. The lowest BCUT2D eigenvalue weighted by Crippen LogP contribution is -2.18. The van der Waals surface area contributed by atoms with Crippen molar-refractivity contribution in [1.82, 2.24) is 9.78 Å². The molecule has 0 spiro atoms. The minimum Gasteiger partial charge on any atom is -0.325 e. The molecule has 2 rings (SSSR count). The summed E-state index contributed by atoms with van der Waals surface area (Å²) < 4.78 is 1.79. The van der Waals surface area contributed by atoms with Gasteiger partial charge in [-0.25, -0.2) is 0 Å². The van der Waals surface area contributed by atoms with E-state index in [2.05, 4.69) is 10.4 Å².